The number of hydrogen-bond donors (Lipinski definition) is 1. The monoisotopic (exact) mass is 377 g/mol. The molecule has 2 heterocycles. The Balaban J connectivity index is 1.39. The van der Waals surface area contributed by atoms with Crippen LogP contribution in [0.5, 0.6) is 0 Å². The number of imidazole rings is 1. The summed E-state index contributed by atoms with van der Waals surface area (Å²) in [5.41, 5.74) is 4.06. The smallest absolute Gasteiger partial charge is 0.254 e. The second-order valence-electron chi connectivity index (χ2n) is 7.16. The zero-order chi connectivity index (χ0) is 19.7. The summed E-state index contributed by atoms with van der Waals surface area (Å²) in [6.07, 6.45) is 1.62. The molecule has 144 valence electrons. The molecule has 0 atom stereocenters. The molecule has 1 aliphatic heterocycles. The van der Waals surface area contributed by atoms with Crippen LogP contribution in [0.15, 0.2) is 48.8 Å². The van der Waals surface area contributed by atoms with Crippen molar-refractivity contribution in [2.24, 2.45) is 0 Å². The number of aromatic amines is 1. The first-order valence-corrected chi connectivity index (χ1v) is 9.32. The van der Waals surface area contributed by atoms with Crippen molar-refractivity contribution in [2.45, 2.75) is 0 Å². The fraction of sp³-hybridized carbons (Fsp3) is 0.286. The van der Waals surface area contributed by atoms with Crippen molar-refractivity contribution in [1.29, 1.82) is 0 Å². The van der Waals surface area contributed by atoms with Crippen LogP contribution in [0.2, 0.25) is 0 Å². The van der Waals surface area contributed by atoms with Crippen LogP contribution in [0.3, 0.4) is 0 Å². The number of carbonyl (C=O) groups excluding carboxylic acids is 2. The summed E-state index contributed by atoms with van der Waals surface area (Å²) in [5.74, 6) is -0.00443. The predicted octanol–water partition coefficient (Wildman–Crippen LogP) is 2.23. The number of benzene rings is 2. The fourth-order valence-electron chi connectivity index (χ4n) is 3.45. The molecule has 1 fully saturated rings. The van der Waals surface area contributed by atoms with Crippen LogP contribution in [0, 0.1) is 0 Å². The first-order chi connectivity index (χ1) is 13.5. The Morgan fingerprint density at radius 2 is 1.46 bits per heavy atom. The molecule has 0 aliphatic carbocycles. The van der Waals surface area contributed by atoms with Gasteiger partial charge in [0.1, 0.15) is 0 Å². The van der Waals surface area contributed by atoms with Gasteiger partial charge in [-0.1, -0.05) is 0 Å². The largest absolute Gasteiger partial charge is 0.378 e. The number of aromatic nitrogens is 2. The molecule has 1 aliphatic rings. The topological polar surface area (TPSA) is 72.5 Å². The second-order valence-corrected chi connectivity index (χ2v) is 7.16. The van der Waals surface area contributed by atoms with Crippen LogP contribution in [0.1, 0.15) is 20.7 Å². The lowest BCUT2D eigenvalue weighted by atomic mass is 10.1. The molecule has 0 spiro atoms. The van der Waals surface area contributed by atoms with Gasteiger partial charge in [0.15, 0.2) is 0 Å². The summed E-state index contributed by atoms with van der Waals surface area (Å²) < 4.78 is 0. The minimum absolute atomic E-state index is 0.0104. The Hall–Kier alpha value is -3.35. The standard InChI is InChI=1S/C21H23N5O2/c1-24(2)17-6-3-15(4-7-17)20(27)25-9-11-26(12-10-25)21(28)16-5-8-18-19(13-16)23-14-22-18/h3-8,13-14H,9-12H2,1-2H3,(H,22,23). The Bertz CT molecular complexity index is 1000. The average Bonchev–Trinajstić information content (AvgIpc) is 3.21. The van der Waals surface area contributed by atoms with E-state index in [1.165, 1.54) is 0 Å². The van der Waals surface area contributed by atoms with Crippen molar-refractivity contribution in [3.8, 4) is 0 Å². The van der Waals surface area contributed by atoms with E-state index < -0.39 is 0 Å². The molecule has 28 heavy (non-hydrogen) atoms. The number of carbonyl (C=O) groups is 2. The van der Waals surface area contributed by atoms with Crippen LogP contribution >= 0.6 is 0 Å². The Labute approximate surface area is 163 Å². The van der Waals surface area contributed by atoms with Crippen molar-refractivity contribution in [3.63, 3.8) is 0 Å². The van der Waals surface area contributed by atoms with E-state index in [9.17, 15) is 9.59 Å². The minimum atomic E-state index is -0.0149. The van der Waals surface area contributed by atoms with Crippen LogP contribution in [-0.2, 0) is 0 Å². The van der Waals surface area contributed by atoms with E-state index in [0.717, 1.165) is 16.7 Å². The molecule has 0 saturated carbocycles. The Morgan fingerprint density at radius 1 is 0.893 bits per heavy atom. The SMILES string of the molecule is CN(C)c1ccc(C(=O)N2CCN(C(=O)c3ccc4nc[nH]c4c3)CC2)cc1. The minimum Gasteiger partial charge on any atom is -0.378 e. The first kappa shape index (κ1) is 18.0. The Morgan fingerprint density at radius 3 is 2.07 bits per heavy atom. The highest BCUT2D eigenvalue weighted by molar-refractivity contribution is 5.98. The summed E-state index contributed by atoms with van der Waals surface area (Å²) in [6, 6.07) is 13.1. The molecule has 4 rings (SSSR count). The molecule has 7 nitrogen and oxygen atoms in total. The number of nitrogens with zero attached hydrogens (tertiary/aromatic N) is 4. The average molecular weight is 377 g/mol. The molecule has 1 saturated heterocycles. The number of piperazine rings is 1. The molecule has 7 heteroatoms. The Kier molecular flexibility index (Phi) is 4.73. The van der Waals surface area contributed by atoms with Crippen molar-refractivity contribution < 1.29 is 9.59 Å². The van der Waals surface area contributed by atoms with Gasteiger partial charge in [-0.25, -0.2) is 4.98 Å². The zero-order valence-electron chi connectivity index (χ0n) is 16.1. The van der Waals surface area contributed by atoms with E-state index in [0.29, 0.717) is 37.3 Å². The number of rotatable bonds is 3. The number of hydrogen-bond acceptors (Lipinski definition) is 4. The molecule has 1 aromatic heterocycles. The van der Waals surface area contributed by atoms with Crippen LogP contribution in [-0.4, -0.2) is 71.9 Å². The quantitative estimate of drug-likeness (QED) is 0.760. The fourth-order valence-corrected chi connectivity index (χ4v) is 3.45. The third-order valence-electron chi connectivity index (χ3n) is 5.15. The molecule has 1 N–H and O–H groups in total. The van der Waals surface area contributed by atoms with Gasteiger partial charge in [-0.3, -0.25) is 9.59 Å². The van der Waals surface area contributed by atoms with Gasteiger partial charge in [-0.2, -0.15) is 0 Å². The second kappa shape index (κ2) is 7.34. The van der Waals surface area contributed by atoms with E-state index in [2.05, 4.69) is 9.97 Å². The first-order valence-electron chi connectivity index (χ1n) is 9.32. The van der Waals surface area contributed by atoms with Gasteiger partial charge in [-0.15, -0.1) is 0 Å². The predicted molar refractivity (Wildman–Crippen MR) is 109 cm³/mol. The van der Waals surface area contributed by atoms with Gasteiger partial charge in [0.25, 0.3) is 11.8 Å². The van der Waals surface area contributed by atoms with E-state index >= 15 is 0 Å². The van der Waals surface area contributed by atoms with E-state index in [1.807, 2.05) is 60.3 Å². The molecular weight excluding hydrogens is 354 g/mol. The lowest BCUT2D eigenvalue weighted by Gasteiger charge is -2.35. The molecule has 0 radical (unpaired) electrons. The van der Waals surface area contributed by atoms with Gasteiger partial charge < -0.3 is 19.7 Å². The molecule has 3 aromatic rings. The molecule has 0 bridgehead atoms. The highest BCUT2D eigenvalue weighted by Gasteiger charge is 2.25. The van der Waals surface area contributed by atoms with Crippen molar-refractivity contribution in [2.75, 3.05) is 45.2 Å². The molecule has 0 unspecified atom stereocenters. The third kappa shape index (κ3) is 3.43. The lowest BCUT2D eigenvalue weighted by Crippen LogP contribution is -2.50. The summed E-state index contributed by atoms with van der Waals surface area (Å²) in [5, 5.41) is 0. The van der Waals surface area contributed by atoms with Gasteiger partial charge in [0, 0.05) is 57.1 Å². The summed E-state index contributed by atoms with van der Waals surface area (Å²) in [6.45, 7) is 2.13. The van der Waals surface area contributed by atoms with Crippen LogP contribution in [0.4, 0.5) is 5.69 Å². The number of amides is 2. The van der Waals surface area contributed by atoms with Crippen molar-refractivity contribution in [1.82, 2.24) is 19.8 Å². The maximum atomic E-state index is 12.8. The van der Waals surface area contributed by atoms with Crippen molar-refractivity contribution in [3.05, 3.63) is 59.9 Å². The van der Waals surface area contributed by atoms with Crippen molar-refractivity contribution >= 4 is 28.5 Å². The summed E-state index contributed by atoms with van der Waals surface area (Å²) in [4.78, 5) is 38.4. The number of anilines is 1. The van der Waals surface area contributed by atoms with Crippen LogP contribution in [0.25, 0.3) is 11.0 Å². The highest BCUT2D eigenvalue weighted by atomic mass is 16.2. The van der Waals surface area contributed by atoms with Gasteiger partial charge in [0.05, 0.1) is 17.4 Å². The molecule has 2 aromatic carbocycles. The van der Waals surface area contributed by atoms with Gasteiger partial charge >= 0.3 is 0 Å². The highest BCUT2D eigenvalue weighted by Crippen LogP contribution is 2.17. The number of fused-ring (bicyclic) bond motifs is 1. The van der Waals surface area contributed by atoms with E-state index in [1.54, 1.807) is 17.3 Å². The zero-order valence-corrected chi connectivity index (χ0v) is 16.1. The third-order valence-corrected chi connectivity index (χ3v) is 5.15. The van der Waals surface area contributed by atoms with Crippen LogP contribution < -0.4 is 4.90 Å². The number of H-pyrrole nitrogens is 1. The van der Waals surface area contributed by atoms with E-state index in [4.69, 9.17) is 0 Å². The maximum absolute atomic E-state index is 12.8. The maximum Gasteiger partial charge on any atom is 0.254 e. The number of nitrogens with one attached hydrogen (secondary N) is 1. The lowest BCUT2D eigenvalue weighted by molar-refractivity contribution is 0.0535. The summed E-state index contributed by atoms with van der Waals surface area (Å²) in [7, 11) is 3.94. The van der Waals surface area contributed by atoms with E-state index in [-0.39, 0.29) is 11.8 Å². The summed E-state index contributed by atoms with van der Waals surface area (Å²) >= 11 is 0. The van der Waals surface area contributed by atoms with Gasteiger partial charge in [-0.05, 0) is 42.5 Å². The van der Waals surface area contributed by atoms with Gasteiger partial charge in [0.2, 0.25) is 0 Å². The normalized spacial score (nSPS) is 14.4. The molecular formula is C21H23N5O2. The molecule has 2 amide bonds.